The van der Waals surface area contributed by atoms with Crippen LogP contribution in [-0.4, -0.2) is 74.7 Å². The molecule has 10 nitrogen and oxygen atoms in total. The van der Waals surface area contributed by atoms with Crippen molar-refractivity contribution in [2.24, 2.45) is 10.3 Å². The molecule has 0 radical (unpaired) electrons. The molecule has 0 fully saturated rings. The van der Waals surface area contributed by atoms with E-state index in [1.807, 2.05) is 0 Å². The second-order valence-electron chi connectivity index (χ2n) is 14.2. The van der Waals surface area contributed by atoms with Gasteiger partial charge in [-0.15, -0.1) is 23.5 Å². The summed E-state index contributed by atoms with van der Waals surface area (Å²) in [6, 6.07) is 16.8. The maximum absolute atomic E-state index is 14.2. The number of rotatable bonds is 15. The summed E-state index contributed by atoms with van der Waals surface area (Å²) in [6.45, 7) is 6.23. The number of thioether (sulfide) groups is 2. The van der Waals surface area contributed by atoms with E-state index in [0.29, 0.717) is 43.0 Å². The average Bonchev–Trinajstić information content (AvgIpc) is 3.88. The summed E-state index contributed by atoms with van der Waals surface area (Å²) in [4.78, 5) is 11.3. The fourth-order valence-corrected chi connectivity index (χ4v) is 14.1. The molecule has 2 atom stereocenters. The zero-order valence-corrected chi connectivity index (χ0v) is 43.8. The van der Waals surface area contributed by atoms with Crippen LogP contribution in [0.5, 0.6) is 0 Å². The molecule has 360 valence electrons. The van der Waals surface area contributed by atoms with Crippen molar-refractivity contribution >= 4 is 133 Å². The van der Waals surface area contributed by atoms with Crippen LogP contribution in [0.3, 0.4) is 0 Å². The van der Waals surface area contributed by atoms with Gasteiger partial charge in [0, 0.05) is 93.6 Å². The third kappa shape index (κ3) is 12.9. The number of sulfonamides is 2. The summed E-state index contributed by atoms with van der Waals surface area (Å²) in [5, 5.41) is 7.29. The van der Waals surface area contributed by atoms with Crippen molar-refractivity contribution in [3.8, 4) is 0 Å². The van der Waals surface area contributed by atoms with Crippen LogP contribution in [0.15, 0.2) is 102 Å². The van der Waals surface area contributed by atoms with Crippen LogP contribution in [0, 0.1) is 0 Å². The number of nitrogens with one attached hydrogen (secondary N) is 1. The molecule has 2 unspecified atom stereocenters. The fourth-order valence-electron chi connectivity index (χ4n) is 6.52. The molecule has 66 heavy (non-hydrogen) atoms. The van der Waals surface area contributed by atoms with Crippen molar-refractivity contribution < 1.29 is 52.9 Å². The predicted molar refractivity (Wildman–Crippen MR) is 257 cm³/mol. The summed E-state index contributed by atoms with van der Waals surface area (Å²) in [7, 11) is -6.89. The molecule has 2 aliphatic heterocycles. The SMILES string of the molecule is CCN(CC)S(=O)(=O)CSc1ccc(C2=NOC(c3cc(Cl)cc(Cl)c3)(C(F)(F)F)C2)cc1Br.CCNS(=O)(=O)CSc1ccc(C2=NOC(c3cc(Cl)cc(Cl)c3)(C(F)(F)F)C2)cc1Br. The van der Waals surface area contributed by atoms with Crippen molar-refractivity contribution in [3.63, 3.8) is 0 Å². The summed E-state index contributed by atoms with van der Waals surface area (Å²) in [5.74, 6) is 0. The van der Waals surface area contributed by atoms with Gasteiger partial charge in [0.15, 0.2) is 0 Å². The minimum Gasteiger partial charge on any atom is -0.374 e. The Morgan fingerprint density at radius 3 is 1.36 bits per heavy atom. The van der Waals surface area contributed by atoms with Gasteiger partial charge in [-0.05, 0) is 92.5 Å². The van der Waals surface area contributed by atoms with Gasteiger partial charge in [0.1, 0.15) is 10.2 Å². The average molecular weight is 1210 g/mol. The molecule has 0 aromatic heterocycles. The Morgan fingerprint density at radius 2 is 1.03 bits per heavy atom. The molecule has 0 saturated carbocycles. The molecule has 1 N–H and O–H groups in total. The van der Waals surface area contributed by atoms with Gasteiger partial charge in [0.2, 0.25) is 20.0 Å². The predicted octanol–water partition coefficient (Wildman–Crippen LogP) is 13.4. The maximum atomic E-state index is 14.2. The second kappa shape index (κ2) is 22.0. The van der Waals surface area contributed by atoms with Crippen LogP contribution in [0.2, 0.25) is 20.1 Å². The number of hydrogen-bond acceptors (Lipinski definition) is 10. The van der Waals surface area contributed by atoms with Crippen molar-refractivity contribution in [2.45, 2.75) is 67.0 Å². The quantitative estimate of drug-likeness (QED) is 0.0921. The Bertz CT molecular complexity index is 2700. The number of hydrogen-bond donors (Lipinski definition) is 1. The van der Waals surface area contributed by atoms with E-state index in [1.165, 1.54) is 16.4 Å². The largest absolute Gasteiger partial charge is 0.435 e. The van der Waals surface area contributed by atoms with E-state index >= 15 is 0 Å². The molecule has 6 rings (SSSR count). The molecule has 2 aliphatic rings. The third-order valence-electron chi connectivity index (χ3n) is 9.76. The van der Waals surface area contributed by atoms with Crippen molar-refractivity contribution in [1.29, 1.82) is 0 Å². The lowest BCUT2D eigenvalue weighted by Crippen LogP contribution is -2.42. The first-order chi connectivity index (χ1) is 30.7. The van der Waals surface area contributed by atoms with Crippen LogP contribution in [0.4, 0.5) is 26.3 Å². The Kier molecular flexibility index (Phi) is 18.3. The smallest absolute Gasteiger partial charge is 0.374 e. The molecular weight excluding hydrogens is 1180 g/mol. The van der Waals surface area contributed by atoms with Crippen LogP contribution in [-0.2, 0) is 40.9 Å². The highest BCUT2D eigenvalue weighted by molar-refractivity contribution is 9.10. The zero-order valence-electron chi connectivity index (χ0n) is 34.3. The van der Waals surface area contributed by atoms with Crippen LogP contribution >= 0.6 is 102 Å². The van der Waals surface area contributed by atoms with E-state index < -0.39 is 56.4 Å². The number of alkyl halides is 6. The van der Waals surface area contributed by atoms with E-state index in [0.717, 1.165) is 47.8 Å². The van der Waals surface area contributed by atoms with Gasteiger partial charge in [-0.2, -0.15) is 26.3 Å². The molecule has 0 bridgehead atoms. The Labute approximate surface area is 422 Å². The lowest BCUT2D eigenvalue weighted by atomic mass is 9.86. The summed E-state index contributed by atoms with van der Waals surface area (Å²) in [6.07, 6.45) is -10.7. The number of nitrogens with zero attached hydrogens (tertiary/aromatic N) is 3. The lowest BCUT2D eigenvalue weighted by Gasteiger charge is -2.29. The first-order valence-corrected chi connectivity index (χ1v) is 27.4. The topological polar surface area (TPSA) is 127 Å². The van der Waals surface area contributed by atoms with E-state index in [1.54, 1.807) is 57.2 Å². The van der Waals surface area contributed by atoms with E-state index in [2.05, 4.69) is 46.9 Å². The monoisotopic (exact) mass is 1210 g/mol. The molecular formula is C40H36Br2Cl4F6N4O6S4. The Morgan fingerprint density at radius 1 is 0.652 bits per heavy atom. The summed E-state index contributed by atoms with van der Waals surface area (Å²) in [5.41, 5.74) is -4.98. The van der Waals surface area contributed by atoms with E-state index in [4.69, 9.17) is 56.1 Å². The molecule has 0 saturated heterocycles. The van der Waals surface area contributed by atoms with Crippen LogP contribution in [0.25, 0.3) is 0 Å². The molecule has 0 spiro atoms. The standard InChI is InChI=1S/C21H20BrCl2F3N2O3S2.C19H16BrCl2F3N2O3S2/c1-3-29(4-2)34(30,31)12-33-19-6-5-13(7-17(19)22)18-11-20(32-28-18,21(25,26)27)14-8-15(23)10-16(24)9-14;1-2-26-32(28,29)10-31-17-4-3-11(5-15(17)20)16-9-18(30-27-16,19(23,24)25)12-6-13(21)8-14(22)7-12/h5-10H,3-4,11-12H2,1-2H3;3-8,26H,2,9-10H2,1H3. The molecule has 0 amide bonds. The second-order valence-corrected chi connectivity index (χ2v) is 24.2. The first kappa shape index (κ1) is 55.0. The van der Waals surface area contributed by atoms with E-state index in [9.17, 15) is 43.2 Å². The van der Waals surface area contributed by atoms with Crippen molar-refractivity contribution in [3.05, 3.63) is 124 Å². The summed E-state index contributed by atoms with van der Waals surface area (Å²) >= 11 is 32.6. The highest BCUT2D eigenvalue weighted by atomic mass is 79.9. The van der Waals surface area contributed by atoms with E-state index in [-0.39, 0.29) is 59.4 Å². The van der Waals surface area contributed by atoms with Gasteiger partial charge in [-0.25, -0.2) is 25.9 Å². The zero-order chi connectivity index (χ0) is 49.0. The highest BCUT2D eigenvalue weighted by Gasteiger charge is 2.63. The van der Waals surface area contributed by atoms with Crippen LogP contribution in [0.1, 0.15) is 55.9 Å². The number of halogens is 12. The number of oxime groups is 2. The maximum Gasteiger partial charge on any atom is 0.435 e. The van der Waals surface area contributed by atoms with Gasteiger partial charge in [0.25, 0.3) is 11.2 Å². The van der Waals surface area contributed by atoms with Crippen molar-refractivity contribution in [2.75, 3.05) is 29.8 Å². The van der Waals surface area contributed by atoms with Gasteiger partial charge in [-0.3, -0.25) is 0 Å². The summed E-state index contributed by atoms with van der Waals surface area (Å²) < 4.78 is 138. The molecule has 2 heterocycles. The normalized spacial score (nSPS) is 18.9. The fraction of sp³-hybridized carbons (Fsp3) is 0.350. The van der Waals surface area contributed by atoms with Crippen LogP contribution < -0.4 is 4.72 Å². The van der Waals surface area contributed by atoms with Gasteiger partial charge >= 0.3 is 12.4 Å². The molecule has 0 aliphatic carbocycles. The molecule has 4 aromatic carbocycles. The van der Waals surface area contributed by atoms with Gasteiger partial charge < -0.3 is 9.68 Å². The Hall–Kier alpha value is -1.96. The van der Waals surface area contributed by atoms with Crippen molar-refractivity contribution in [1.82, 2.24) is 9.03 Å². The molecule has 4 aromatic rings. The third-order valence-corrected chi connectivity index (χ3v) is 19.2. The number of benzene rings is 4. The van der Waals surface area contributed by atoms with Gasteiger partial charge in [-0.1, -0.05) is 89.6 Å². The highest BCUT2D eigenvalue weighted by Crippen LogP contribution is 2.51. The molecule has 26 heteroatoms. The minimum atomic E-state index is -4.79. The minimum absolute atomic E-state index is 0.0461. The van der Waals surface area contributed by atoms with Gasteiger partial charge in [0.05, 0.1) is 11.4 Å². The first-order valence-electron chi connectivity index (χ1n) is 19.1. The Balaban J connectivity index is 0.000000248. The lowest BCUT2D eigenvalue weighted by molar-refractivity contribution is -0.276.